The summed E-state index contributed by atoms with van der Waals surface area (Å²) >= 11 is 0. The minimum absolute atomic E-state index is 0.223. The molecule has 0 unspecified atom stereocenters. The number of para-hydroxylation sites is 2. The van der Waals surface area contributed by atoms with E-state index in [0.29, 0.717) is 23.7 Å². The van der Waals surface area contributed by atoms with E-state index in [9.17, 15) is 4.79 Å². The monoisotopic (exact) mass is 323 g/mol. The van der Waals surface area contributed by atoms with Gasteiger partial charge in [0.05, 0.1) is 19.3 Å². The first-order valence-corrected chi connectivity index (χ1v) is 7.60. The van der Waals surface area contributed by atoms with E-state index < -0.39 is 5.97 Å². The van der Waals surface area contributed by atoms with Gasteiger partial charge in [-0.15, -0.1) is 0 Å². The Morgan fingerprint density at radius 2 is 1.79 bits per heavy atom. The average molecular weight is 323 g/mol. The van der Waals surface area contributed by atoms with Crippen LogP contribution in [0.2, 0.25) is 0 Å². The molecule has 0 N–H and O–H groups in total. The summed E-state index contributed by atoms with van der Waals surface area (Å²) in [5.74, 6) is 1.04. The summed E-state index contributed by atoms with van der Waals surface area (Å²) in [5, 5.41) is 0. The van der Waals surface area contributed by atoms with Crippen molar-refractivity contribution in [3.05, 3.63) is 65.4 Å². The van der Waals surface area contributed by atoms with E-state index in [4.69, 9.17) is 14.2 Å². The number of aliphatic imine (C=N–C) groups is 1. The van der Waals surface area contributed by atoms with Crippen molar-refractivity contribution in [2.75, 3.05) is 13.7 Å². The molecule has 0 saturated heterocycles. The first-order valence-electron chi connectivity index (χ1n) is 7.60. The van der Waals surface area contributed by atoms with Crippen molar-refractivity contribution < 1.29 is 19.0 Å². The van der Waals surface area contributed by atoms with Gasteiger partial charge in [-0.1, -0.05) is 30.3 Å². The molecule has 1 heterocycles. The maximum atomic E-state index is 12.1. The predicted octanol–water partition coefficient (Wildman–Crippen LogP) is 3.44. The van der Waals surface area contributed by atoms with Gasteiger partial charge in [-0.25, -0.2) is 9.79 Å². The summed E-state index contributed by atoms with van der Waals surface area (Å²) in [6.45, 7) is 2.41. The van der Waals surface area contributed by atoms with Gasteiger partial charge in [0.15, 0.2) is 5.70 Å². The molecule has 24 heavy (non-hydrogen) atoms. The largest absolute Gasteiger partial charge is 0.496 e. The van der Waals surface area contributed by atoms with Crippen LogP contribution in [0.3, 0.4) is 0 Å². The van der Waals surface area contributed by atoms with Crippen molar-refractivity contribution >= 4 is 17.9 Å². The van der Waals surface area contributed by atoms with E-state index in [2.05, 4.69) is 4.99 Å². The average Bonchev–Trinajstić information content (AvgIpc) is 2.97. The fraction of sp³-hybridized carbons (Fsp3) is 0.158. The van der Waals surface area contributed by atoms with E-state index in [1.807, 2.05) is 55.5 Å². The van der Waals surface area contributed by atoms with Crippen LogP contribution in [0.1, 0.15) is 18.1 Å². The van der Waals surface area contributed by atoms with Gasteiger partial charge in [0.25, 0.3) is 0 Å². The molecular weight excluding hydrogens is 306 g/mol. The van der Waals surface area contributed by atoms with Crippen molar-refractivity contribution in [2.45, 2.75) is 6.92 Å². The van der Waals surface area contributed by atoms with Crippen molar-refractivity contribution in [1.29, 1.82) is 0 Å². The number of rotatable bonds is 5. The topological polar surface area (TPSA) is 57.1 Å². The molecule has 0 amide bonds. The Hall–Kier alpha value is -3.08. The molecule has 1 aliphatic rings. The number of ether oxygens (including phenoxy) is 3. The maximum Gasteiger partial charge on any atom is 0.363 e. The minimum Gasteiger partial charge on any atom is -0.496 e. The maximum absolute atomic E-state index is 12.1. The zero-order chi connectivity index (χ0) is 16.9. The van der Waals surface area contributed by atoms with Crippen LogP contribution in [0.4, 0.5) is 0 Å². The summed E-state index contributed by atoms with van der Waals surface area (Å²) in [6, 6.07) is 14.7. The van der Waals surface area contributed by atoms with E-state index in [-0.39, 0.29) is 11.6 Å². The van der Waals surface area contributed by atoms with Crippen LogP contribution < -0.4 is 9.47 Å². The molecule has 5 nitrogen and oxygen atoms in total. The third-order valence-corrected chi connectivity index (χ3v) is 3.47. The van der Waals surface area contributed by atoms with Gasteiger partial charge in [-0.05, 0) is 31.2 Å². The molecule has 0 radical (unpaired) electrons. The van der Waals surface area contributed by atoms with Gasteiger partial charge >= 0.3 is 5.97 Å². The van der Waals surface area contributed by atoms with Crippen molar-refractivity contribution in [2.24, 2.45) is 4.99 Å². The second-order valence-electron chi connectivity index (χ2n) is 5.01. The molecule has 0 aromatic heterocycles. The third kappa shape index (κ3) is 3.15. The van der Waals surface area contributed by atoms with Crippen LogP contribution in [0.5, 0.6) is 11.5 Å². The summed E-state index contributed by atoms with van der Waals surface area (Å²) in [6.07, 6.45) is 1.65. The Labute approximate surface area is 140 Å². The van der Waals surface area contributed by atoms with Gasteiger partial charge in [-0.2, -0.15) is 0 Å². The molecular formula is C19H17NO4. The SMILES string of the molecule is CCOc1ccccc1C1=N/C(=C\c2ccccc2OC)C(=O)O1. The first kappa shape index (κ1) is 15.8. The quantitative estimate of drug-likeness (QED) is 0.625. The normalized spacial score (nSPS) is 15.2. The lowest BCUT2D eigenvalue weighted by atomic mass is 10.1. The van der Waals surface area contributed by atoms with Crippen molar-refractivity contribution in [3.8, 4) is 11.5 Å². The Morgan fingerprint density at radius 1 is 1.08 bits per heavy atom. The molecule has 0 saturated carbocycles. The van der Waals surface area contributed by atoms with Crippen LogP contribution in [0.25, 0.3) is 6.08 Å². The van der Waals surface area contributed by atoms with Gasteiger partial charge in [0.2, 0.25) is 5.90 Å². The first-order chi connectivity index (χ1) is 11.7. The highest BCUT2D eigenvalue weighted by molar-refractivity contribution is 6.13. The zero-order valence-electron chi connectivity index (χ0n) is 13.5. The number of hydrogen-bond acceptors (Lipinski definition) is 5. The second kappa shape index (κ2) is 7.00. The summed E-state index contributed by atoms with van der Waals surface area (Å²) < 4.78 is 16.2. The Kier molecular flexibility index (Phi) is 4.61. The Balaban J connectivity index is 1.98. The van der Waals surface area contributed by atoms with E-state index in [1.54, 1.807) is 13.2 Å². The summed E-state index contributed by atoms with van der Waals surface area (Å²) in [7, 11) is 1.58. The summed E-state index contributed by atoms with van der Waals surface area (Å²) in [4.78, 5) is 16.5. The van der Waals surface area contributed by atoms with Crippen LogP contribution >= 0.6 is 0 Å². The number of esters is 1. The highest BCUT2D eigenvalue weighted by Gasteiger charge is 2.26. The molecule has 0 bridgehead atoms. The van der Waals surface area contributed by atoms with Gasteiger partial charge in [0, 0.05) is 5.56 Å². The molecule has 2 aromatic rings. The number of carbonyl (C=O) groups excluding carboxylic acids is 1. The molecule has 5 heteroatoms. The van der Waals surface area contributed by atoms with Crippen LogP contribution in [0.15, 0.2) is 59.2 Å². The number of carbonyl (C=O) groups is 1. The Morgan fingerprint density at radius 3 is 2.54 bits per heavy atom. The van der Waals surface area contributed by atoms with Gasteiger partial charge < -0.3 is 14.2 Å². The van der Waals surface area contributed by atoms with Crippen molar-refractivity contribution in [3.63, 3.8) is 0 Å². The smallest absolute Gasteiger partial charge is 0.363 e. The van der Waals surface area contributed by atoms with Gasteiger partial charge in [-0.3, -0.25) is 0 Å². The molecule has 0 atom stereocenters. The van der Waals surface area contributed by atoms with Gasteiger partial charge in [0.1, 0.15) is 11.5 Å². The molecule has 0 aliphatic carbocycles. The molecule has 2 aromatic carbocycles. The standard InChI is InChI=1S/C19H17NO4/c1-3-23-17-11-7-5-9-14(17)18-20-15(19(21)24-18)12-13-8-4-6-10-16(13)22-2/h4-12H,3H2,1-2H3/b15-12-. The highest BCUT2D eigenvalue weighted by atomic mass is 16.6. The summed E-state index contributed by atoms with van der Waals surface area (Å²) in [5.41, 5.74) is 1.63. The lowest BCUT2D eigenvalue weighted by Crippen LogP contribution is -2.07. The number of hydrogen-bond donors (Lipinski definition) is 0. The number of methoxy groups -OCH3 is 1. The number of benzene rings is 2. The van der Waals surface area contributed by atoms with Crippen LogP contribution in [-0.4, -0.2) is 25.6 Å². The van der Waals surface area contributed by atoms with E-state index in [0.717, 1.165) is 5.56 Å². The van der Waals surface area contributed by atoms with Crippen LogP contribution in [-0.2, 0) is 9.53 Å². The molecule has 3 rings (SSSR count). The second-order valence-corrected chi connectivity index (χ2v) is 5.01. The van der Waals surface area contributed by atoms with Crippen molar-refractivity contribution in [1.82, 2.24) is 0 Å². The molecule has 0 fully saturated rings. The fourth-order valence-electron chi connectivity index (χ4n) is 2.38. The Bertz CT molecular complexity index is 824. The lowest BCUT2D eigenvalue weighted by molar-refractivity contribution is -0.129. The fourth-order valence-corrected chi connectivity index (χ4v) is 2.38. The minimum atomic E-state index is -0.498. The lowest BCUT2D eigenvalue weighted by Gasteiger charge is -2.08. The molecule has 1 aliphatic heterocycles. The van der Waals surface area contributed by atoms with E-state index >= 15 is 0 Å². The third-order valence-electron chi connectivity index (χ3n) is 3.47. The zero-order valence-corrected chi connectivity index (χ0v) is 13.5. The number of nitrogens with zero attached hydrogens (tertiary/aromatic N) is 1. The van der Waals surface area contributed by atoms with Crippen LogP contribution in [0, 0.1) is 0 Å². The highest BCUT2D eigenvalue weighted by Crippen LogP contribution is 2.27. The molecule has 122 valence electrons. The molecule has 0 spiro atoms. The predicted molar refractivity (Wildman–Crippen MR) is 91.2 cm³/mol. The number of cyclic esters (lactones) is 1. The van der Waals surface area contributed by atoms with E-state index in [1.165, 1.54) is 0 Å².